The summed E-state index contributed by atoms with van der Waals surface area (Å²) in [6.07, 6.45) is 5.57. The van der Waals surface area contributed by atoms with E-state index in [2.05, 4.69) is 10.6 Å². The maximum Gasteiger partial charge on any atom is 0.220 e. The molecule has 1 aliphatic heterocycles. The monoisotopic (exact) mass is 510 g/mol. The van der Waals surface area contributed by atoms with Gasteiger partial charge in [-0.25, -0.2) is 0 Å². The summed E-state index contributed by atoms with van der Waals surface area (Å²) in [4.78, 5) is 25.1. The molecule has 0 aromatic heterocycles. The van der Waals surface area contributed by atoms with Crippen LogP contribution in [0.5, 0.6) is 17.2 Å². The van der Waals surface area contributed by atoms with E-state index in [0.29, 0.717) is 67.7 Å². The van der Waals surface area contributed by atoms with Crippen LogP contribution in [0.3, 0.4) is 0 Å². The number of rotatable bonds is 14. The second-order valence-corrected chi connectivity index (χ2v) is 9.77. The Morgan fingerprint density at radius 1 is 1.00 bits per heavy atom. The maximum absolute atomic E-state index is 12.8. The number of aliphatic hydroxyl groups is 1. The number of hydrogen-bond acceptors (Lipinski definition) is 7. The lowest BCUT2D eigenvalue weighted by molar-refractivity contribution is -0.122. The van der Waals surface area contributed by atoms with Gasteiger partial charge in [0.05, 0.1) is 13.2 Å². The number of nitrogens with one attached hydrogen (secondary N) is 2. The van der Waals surface area contributed by atoms with Crippen LogP contribution in [0.2, 0.25) is 0 Å². The number of ketones is 1. The third-order valence-corrected chi connectivity index (χ3v) is 7.09. The largest absolute Gasteiger partial charge is 0.497 e. The van der Waals surface area contributed by atoms with Crippen LogP contribution in [0, 0.1) is 0 Å². The summed E-state index contributed by atoms with van der Waals surface area (Å²) in [5.74, 6) is 2.00. The van der Waals surface area contributed by atoms with Crippen LogP contribution in [0.25, 0.3) is 0 Å². The molecule has 2 atom stereocenters. The maximum atomic E-state index is 12.8. The molecule has 2 aliphatic rings. The average Bonchev–Trinajstić information content (AvgIpc) is 2.90. The van der Waals surface area contributed by atoms with Gasteiger partial charge in [-0.3, -0.25) is 9.59 Å². The number of carbonyl (C=O) groups excluding carboxylic acids is 2. The molecule has 8 nitrogen and oxygen atoms in total. The van der Waals surface area contributed by atoms with E-state index in [1.807, 2.05) is 6.07 Å². The van der Waals surface area contributed by atoms with E-state index in [9.17, 15) is 14.7 Å². The van der Waals surface area contributed by atoms with Crippen molar-refractivity contribution in [1.82, 2.24) is 10.6 Å². The van der Waals surface area contributed by atoms with Crippen molar-refractivity contribution in [3.05, 3.63) is 53.6 Å². The summed E-state index contributed by atoms with van der Waals surface area (Å²) in [6.45, 7) is 1.47. The van der Waals surface area contributed by atoms with Crippen LogP contribution in [0.4, 0.5) is 0 Å². The van der Waals surface area contributed by atoms with Crippen LogP contribution >= 0.6 is 0 Å². The van der Waals surface area contributed by atoms with Crippen molar-refractivity contribution in [2.75, 3.05) is 26.9 Å². The highest BCUT2D eigenvalue weighted by atomic mass is 16.6. The molecule has 0 unspecified atom stereocenters. The lowest BCUT2D eigenvalue weighted by Gasteiger charge is -2.31. The van der Waals surface area contributed by atoms with Crippen molar-refractivity contribution in [2.24, 2.45) is 0 Å². The highest BCUT2D eigenvalue weighted by Crippen LogP contribution is 2.33. The Morgan fingerprint density at radius 3 is 2.43 bits per heavy atom. The van der Waals surface area contributed by atoms with Crippen LogP contribution in [0.15, 0.2) is 42.5 Å². The molecule has 0 radical (unpaired) electrons. The molecule has 1 heterocycles. The summed E-state index contributed by atoms with van der Waals surface area (Å²) >= 11 is 0. The second kappa shape index (κ2) is 13.4. The number of ether oxygens (including phenoxy) is 3. The van der Waals surface area contributed by atoms with Crippen molar-refractivity contribution in [3.63, 3.8) is 0 Å². The Bertz CT molecular complexity index is 1040. The normalized spacial score (nSPS) is 16.4. The van der Waals surface area contributed by atoms with Crippen LogP contribution in [0.1, 0.15) is 73.4 Å². The van der Waals surface area contributed by atoms with E-state index in [4.69, 9.17) is 14.2 Å². The van der Waals surface area contributed by atoms with Gasteiger partial charge in [0, 0.05) is 31.0 Å². The number of unbranched alkanes of at least 4 members (excludes halogenated alkanes) is 2. The molecule has 2 aromatic carbocycles. The minimum atomic E-state index is -0.880. The Hall–Kier alpha value is -3.10. The van der Waals surface area contributed by atoms with Gasteiger partial charge in [-0.2, -0.15) is 0 Å². The van der Waals surface area contributed by atoms with Gasteiger partial charge in [-0.05, 0) is 67.6 Å². The number of Topliss-reactive ketones (excluding diaryl/α,β-unsaturated/α-hetero) is 1. The molecule has 1 saturated carbocycles. The number of amides is 1. The third-order valence-electron chi connectivity index (χ3n) is 7.09. The Morgan fingerprint density at radius 2 is 1.73 bits per heavy atom. The van der Waals surface area contributed by atoms with Gasteiger partial charge in [0.1, 0.15) is 25.1 Å². The second-order valence-electron chi connectivity index (χ2n) is 9.77. The fourth-order valence-electron chi connectivity index (χ4n) is 4.57. The van der Waals surface area contributed by atoms with E-state index in [1.54, 1.807) is 43.5 Å². The predicted octanol–water partition coefficient (Wildman–Crippen LogP) is 3.96. The SMILES string of the molecule is COc1ccc(C(=O)CCCCCC(=O)N[C@H](CNC2CCC2)[C@H](O)c2ccc3c(c2)OCCO3)cc1. The number of benzene rings is 2. The molecule has 3 N–H and O–H groups in total. The van der Waals surface area contributed by atoms with E-state index < -0.39 is 12.1 Å². The first-order valence-corrected chi connectivity index (χ1v) is 13.3. The molecule has 8 heteroatoms. The fourth-order valence-corrected chi connectivity index (χ4v) is 4.57. The Kier molecular flexibility index (Phi) is 9.79. The van der Waals surface area contributed by atoms with Crippen LogP contribution in [-0.4, -0.2) is 55.7 Å². The summed E-state index contributed by atoms with van der Waals surface area (Å²) in [5.41, 5.74) is 1.36. The van der Waals surface area contributed by atoms with Crippen molar-refractivity contribution in [2.45, 2.75) is 69.6 Å². The highest BCUT2D eigenvalue weighted by Gasteiger charge is 2.26. The summed E-state index contributed by atoms with van der Waals surface area (Å²) in [7, 11) is 1.60. The fraction of sp³-hybridized carbons (Fsp3) is 0.517. The molecule has 2 aromatic rings. The Balaban J connectivity index is 1.24. The minimum absolute atomic E-state index is 0.0942. The lowest BCUT2D eigenvalue weighted by Crippen LogP contribution is -2.49. The molecular formula is C29H38N2O6. The van der Waals surface area contributed by atoms with Crippen molar-refractivity contribution in [3.8, 4) is 17.2 Å². The third kappa shape index (κ3) is 7.69. The molecule has 4 rings (SSSR count). The van der Waals surface area contributed by atoms with Gasteiger partial charge in [-0.1, -0.05) is 18.9 Å². The van der Waals surface area contributed by atoms with Crippen molar-refractivity contribution in [1.29, 1.82) is 0 Å². The topological polar surface area (TPSA) is 106 Å². The zero-order chi connectivity index (χ0) is 26.0. The van der Waals surface area contributed by atoms with E-state index in [1.165, 1.54) is 6.42 Å². The zero-order valence-electron chi connectivity index (χ0n) is 21.5. The van der Waals surface area contributed by atoms with Gasteiger partial charge in [0.15, 0.2) is 17.3 Å². The van der Waals surface area contributed by atoms with Gasteiger partial charge < -0.3 is 30.0 Å². The summed E-state index contributed by atoms with van der Waals surface area (Å²) in [5, 5.41) is 17.7. The van der Waals surface area contributed by atoms with E-state index in [-0.39, 0.29) is 11.7 Å². The molecule has 1 fully saturated rings. The molecule has 0 saturated heterocycles. The zero-order valence-corrected chi connectivity index (χ0v) is 21.5. The first-order valence-electron chi connectivity index (χ1n) is 13.3. The number of carbonyl (C=O) groups is 2. The minimum Gasteiger partial charge on any atom is -0.497 e. The average molecular weight is 511 g/mol. The first kappa shape index (κ1) is 26.9. The van der Waals surface area contributed by atoms with Gasteiger partial charge in [0.2, 0.25) is 5.91 Å². The van der Waals surface area contributed by atoms with Gasteiger partial charge >= 0.3 is 0 Å². The van der Waals surface area contributed by atoms with Crippen LogP contribution < -0.4 is 24.8 Å². The summed E-state index contributed by atoms with van der Waals surface area (Å²) < 4.78 is 16.4. The summed E-state index contributed by atoms with van der Waals surface area (Å²) in [6, 6.07) is 12.5. The molecule has 0 bridgehead atoms. The lowest BCUT2D eigenvalue weighted by atomic mass is 9.92. The van der Waals surface area contributed by atoms with Gasteiger partial charge in [0.25, 0.3) is 0 Å². The standard InChI is InChI=1S/C29H38N2O6/c1-35-23-13-10-20(11-14-23)25(32)8-3-2-4-9-28(33)31-24(19-30-22-6-5-7-22)29(34)21-12-15-26-27(18-21)37-17-16-36-26/h10-15,18,22,24,29-30,34H,2-9,16-17,19H2,1H3,(H,31,33)/t24-,29-/m1/s1. The molecule has 1 aliphatic carbocycles. The first-order chi connectivity index (χ1) is 18.0. The number of aliphatic hydroxyl groups excluding tert-OH is 1. The van der Waals surface area contributed by atoms with Crippen molar-refractivity contribution < 1.29 is 28.9 Å². The quantitative estimate of drug-likeness (QED) is 0.261. The number of hydrogen-bond donors (Lipinski definition) is 3. The molecule has 0 spiro atoms. The molecule has 1 amide bonds. The smallest absolute Gasteiger partial charge is 0.220 e. The van der Waals surface area contributed by atoms with Crippen molar-refractivity contribution >= 4 is 11.7 Å². The molecule has 37 heavy (non-hydrogen) atoms. The van der Waals surface area contributed by atoms with E-state index in [0.717, 1.165) is 31.4 Å². The number of methoxy groups -OCH3 is 1. The van der Waals surface area contributed by atoms with Crippen LogP contribution in [-0.2, 0) is 4.79 Å². The highest BCUT2D eigenvalue weighted by molar-refractivity contribution is 5.96. The van der Waals surface area contributed by atoms with Gasteiger partial charge in [-0.15, -0.1) is 0 Å². The predicted molar refractivity (Wildman–Crippen MR) is 140 cm³/mol. The number of fused-ring (bicyclic) bond motifs is 1. The molecule has 200 valence electrons. The molecular weight excluding hydrogens is 472 g/mol. The Labute approximate surface area is 218 Å². The van der Waals surface area contributed by atoms with E-state index >= 15 is 0 Å².